The van der Waals surface area contributed by atoms with Crippen LogP contribution in [0.3, 0.4) is 0 Å². The zero-order chi connectivity index (χ0) is 11.8. The third-order valence-electron chi connectivity index (χ3n) is 2.23. The van der Waals surface area contributed by atoms with E-state index in [1.54, 1.807) is 13.3 Å². The van der Waals surface area contributed by atoms with Crippen molar-refractivity contribution in [3.8, 4) is 0 Å². The van der Waals surface area contributed by atoms with Gasteiger partial charge in [0.25, 0.3) is 0 Å². The Morgan fingerprint density at radius 2 is 2.31 bits per heavy atom. The molecule has 1 aromatic rings. The second-order valence-corrected chi connectivity index (χ2v) is 3.87. The number of hydrogen-bond acceptors (Lipinski definition) is 4. The lowest BCUT2D eigenvalue weighted by atomic mass is 10.2. The summed E-state index contributed by atoms with van der Waals surface area (Å²) >= 11 is 5.81. The molecule has 1 heterocycles. The van der Waals surface area contributed by atoms with E-state index in [2.05, 4.69) is 9.88 Å². The van der Waals surface area contributed by atoms with E-state index in [1.807, 2.05) is 12.1 Å². The summed E-state index contributed by atoms with van der Waals surface area (Å²) in [6, 6.07) is 3.75. The van der Waals surface area contributed by atoms with Gasteiger partial charge in [0.2, 0.25) is 0 Å². The Morgan fingerprint density at radius 3 is 2.94 bits per heavy atom. The van der Waals surface area contributed by atoms with Gasteiger partial charge in [0.05, 0.1) is 13.2 Å². The SMILES string of the molecule is COCCN(CCO)Cc1ccnc(Cl)c1. The van der Waals surface area contributed by atoms with Crippen molar-refractivity contribution in [2.75, 3.05) is 33.4 Å². The highest BCUT2D eigenvalue weighted by Crippen LogP contribution is 2.09. The molecule has 0 aliphatic heterocycles. The average Bonchev–Trinajstić information content (AvgIpc) is 2.26. The molecule has 0 amide bonds. The predicted octanol–water partition coefficient (Wildman–Crippen LogP) is 1.18. The highest BCUT2D eigenvalue weighted by molar-refractivity contribution is 6.29. The number of pyridine rings is 1. The third kappa shape index (κ3) is 4.90. The van der Waals surface area contributed by atoms with E-state index in [1.165, 1.54) is 0 Å². The normalized spacial score (nSPS) is 11.0. The van der Waals surface area contributed by atoms with Crippen LogP contribution < -0.4 is 0 Å². The number of ether oxygens (including phenoxy) is 1. The lowest BCUT2D eigenvalue weighted by Gasteiger charge is -2.20. The summed E-state index contributed by atoms with van der Waals surface area (Å²) in [5.41, 5.74) is 1.09. The minimum atomic E-state index is 0.141. The molecule has 0 fully saturated rings. The molecule has 0 saturated carbocycles. The Morgan fingerprint density at radius 1 is 1.50 bits per heavy atom. The van der Waals surface area contributed by atoms with Crippen molar-refractivity contribution in [2.45, 2.75) is 6.54 Å². The van der Waals surface area contributed by atoms with Crippen LogP contribution in [0.5, 0.6) is 0 Å². The summed E-state index contributed by atoms with van der Waals surface area (Å²) in [6.45, 7) is 2.95. The van der Waals surface area contributed by atoms with E-state index in [4.69, 9.17) is 21.4 Å². The third-order valence-corrected chi connectivity index (χ3v) is 2.43. The Kier molecular flexibility index (Phi) is 6.33. The van der Waals surface area contributed by atoms with Crippen LogP contribution in [0, 0.1) is 0 Å². The van der Waals surface area contributed by atoms with Crippen LogP contribution in [0.15, 0.2) is 18.3 Å². The van der Waals surface area contributed by atoms with E-state index < -0.39 is 0 Å². The highest BCUT2D eigenvalue weighted by atomic mass is 35.5. The molecule has 0 saturated heterocycles. The maximum Gasteiger partial charge on any atom is 0.129 e. The van der Waals surface area contributed by atoms with Crippen LogP contribution in [0.1, 0.15) is 5.56 Å². The fraction of sp³-hybridized carbons (Fsp3) is 0.545. The maximum absolute atomic E-state index is 8.95. The van der Waals surface area contributed by atoms with E-state index >= 15 is 0 Å². The molecule has 0 bridgehead atoms. The molecule has 1 rings (SSSR count). The van der Waals surface area contributed by atoms with E-state index in [9.17, 15) is 0 Å². The van der Waals surface area contributed by atoms with Gasteiger partial charge in [-0.05, 0) is 17.7 Å². The fourth-order valence-corrected chi connectivity index (χ4v) is 1.63. The summed E-state index contributed by atoms with van der Waals surface area (Å²) in [5, 5.41) is 9.44. The molecule has 0 aliphatic rings. The van der Waals surface area contributed by atoms with Gasteiger partial charge in [-0.1, -0.05) is 11.6 Å². The summed E-state index contributed by atoms with van der Waals surface area (Å²) in [4.78, 5) is 6.03. The number of hydrogen-bond donors (Lipinski definition) is 1. The second-order valence-electron chi connectivity index (χ2n) is 3.48. The van der Waals surface area contributed by atoms with Crippen LogP contribution in [-0.2, 0) is 11.3 Å². The first kappa shape index (κ1) is 13.4. The average molecular weight is 245 g/mol. The molecule has 0 atom stereocenters. The van der Waals surface area contributed by atoms with E-state index in [0.29, 0.717) is 18.3 Å². The fourth-order valence-electron chi connectivity index (χ4n) is 1.43. The number of aromatic nitrogens is 1. The minimum Gasteiger partial charge on any atom is -0.395 e. The molecule has 90 valence electrons. The standard InChI is InChI=1S/C11H17ClN2O2/c1-16-7-5-14(4-6-15)9-10-2-3-13-11(12)8-10/h2-3,8,15H,4-7,9H2,1H3. The maximum atomic E-state index is 8.95. The first-order valence-corrected chi connectivity index (χ1v) is 5.56. The Hall–Kier alpha value is -0.680. The first-order chi connectivity index (χ1) is 7.76. The van der Waals surface area contributed by atoms with Gasteiger partial charge in [0.15, 0.2) is 0 Å². The van der Waals surface area contributed by atoms with Crippen molar-refractivity contribution in [2.24, 2.45) is 0 Å². The Bertz CT molecular complexity index is 310. The van der Waals surface area contributed by atoms with Crippen molar-refractivity contribution in [1.29, 1.82) is 0 Å². The van der Waals surface area contributed by atoms with Gasteiger partial charge in [0, 0.05) is 32.9 Å². The summed E-state index contributed by atoms with van der Waals surface area (Å²) in [5.74, 6) is 0. The highest BCUT2D eigenvalue weighted by Gasteiger charge is 2.05. The predicted molar refractivity (Wildman–Crippen MR) is 63.5 cm³/mol. The van der Waals surface area contributed by atoms with Crippen LogP contribution in [-0.4, -0.2) is 48.4 Å². The Balaban J connectivity index is 2.52. The van der Waals surface area contributed by atoms with Crippen molar-refractivity contribution in [3.63, 3.8) is 0 Å². The summed E-state index contributed by atoms with van der Waals surface area (Å²) < 4.78 is 5.02. The molecule has 4 nitrogen and oxygen atoms in total. The number of aliphatic hydroxyl groups is 1. The number of methoxy groups -OCH3 is 1. The number of rotatable bonds is 7. The monoisotopic (exact) mass is 244 g/mol. The zero-order valence-electron chi connectivity index (χ0n) is 9.40. The largest absolute Gasteiger partial charge is 0.395 e. The number of halogens is 1. The molecule has 0 radical (unpaired) electrons. The van der Waals surface area contributed by atoms with Crippen LogP contribution >= 0.6 is 11.6 Å². The van der Waals surface area contributed by atoms with Crippen molar-refractivity contribution in [1.82, 2.24) is 9.88 Å². The molecule has 0 spiro atoms. The molecule has 16 heavy (non-hydrogen) atoms. The first-order valence-electron chi connectivity index (χ1n) is 5.19. The van der Waals surface area contributed by atoms with Gasteiger partial charge in [-0.2, -0.15) is 0 Å². The van der Waals surface area contributed by atoms with Crippen molar-refractivity contribution >= 4 is 11.6 Å². The van der Waals surface area contributed by atoms with Gasteiger partial charge >= 0.3 is 0 Å². The van der Waals surface area contributed by atoms with E-state index in [0.717, 1.165) is 18.7 Å². The quantitative estimate of drug-likeness (QED) is 0.732. The van der Waals surface area contributed by atoms with Crippen LogP contribution in [0.25, 0.3) is 0 Å². The second kappa shape index (κ2) is 7.57. The smallest absolute Gasteiger partial charge is 0.129 e. The molecule has 0 aromatic carbocycles. The summed E-state index contributed by atoms with van der Waals surface area (Å²) in [7, 11) is 1.67. The van der Waals surface area contributed by atoms with Crippen LogP contribution in [0.4, 0.5) is 0 Å². The topological polar surface area (TPSA) is 45.6 Å². The molecular weight excluding hydrogens is 228 g/mol. The number of nitrogens with zero attached hydrogens (tertiary/aromatic N) is 2. The van der Waals surface area contributed by atoms with Gasteiger partial charge in [0.1, 0.15) is 5.15 Å². The molecule has 1 aromatic heterocycles. The lowest BCUT2D eigenvalue weighted by molar-refractivity contribution is 0.127. The van der Waals surface area contributed by atoms with Gasteiger partial charge in [-0.3, -0.25) is 4.90 Å². The molecular formula is C11H17ClN2O2. The minimum absolute atomic E-state index is 0.141. The summed E-state index contributed by atoms with van der Waals surface area (Å²) in [6.07, 6.45) is 1.69. The van der Waals surface area contributed by atoms with Crippen molar-refractivity contribution < 1.29 is 9.84 Å². The molecule has 1 N–H and O–H groups in total. The van der Waals surface area contributed by atoms with Gasteiger partial charge in [-0.15, -0.1) is 0 Å². The zero-order valence-corrected chi connectivity index (χ0v) is 10.2. The number of aliphatic hydroxyl groups excluding tert-OH is 1. The lowest BCUT2D eigenvalue weighted by Crippen LogP contribution is -2.29. The van der Waals surface area contributed by atoms with E-state index in [-0.39, 0.29) is 6.61 Å². The van der Waals surface area contributed by atoms with Crippen molar-refractivity contribution in [3.05, 3.63) is 29.0 Å². The van der Waals surface area contributed by atoms with Crippen LogP contribution in [0.2, 0.25) is 5.15 Å². The van der Waals surface area contributed by atoms with Gasteiger partial charge in [-0.25, -0.2) is 4.98 Å². The van der Waals surface area contributed by atoms with Gasteiger partial charge < -0.3 is 9.84 Å². The Labute approximate surface area is 101 Å². The molecule has 5 heteroatoms. The molecule has 0 unspecified atom stereocenters. The molecule has 0 aliphatic carbocycles.